The summed E-state index contributed by atoms with van der Waals surface area (Å²) in [6.45, 7) is 3.58. The molecule has 1 aliphatic carbocycles. The summed E-state index contributed by atoms with van der Waals surface area (Å²) in [6.07, 6.45) is 5.40. The maximum atomic E-state index is 11.5. The maximum absolute atomic E-state index is 11.5. The number of carbonyl (C=O) groups excluding carboxylic acids is 1. The molecule has 0 N–H and O–H groups in total. The second-order valence-electron chi connectivity index (χ2n) is 4.69. The predicted molar refractivity (Wildman–Crippen MR) is 60.6 cm³/mol. The number of piperazine rings is 1. The monoisotopic (exact) mass is 221 g/mol. The van der Waals surface area contributed by atoms with Gasteiger partial charge in [0.25, 0.3) is 0 Å². The van der Waals surface area contributed by atoms with Crippen molar-refractivity contribution in [1.29, 1.82) is 5.26 Å². The molecular weight excluding hydrogens is 202 g/mol. The second-order valence-corrected chi connectivity index (χ2v) is 4.69. The van der Waals surface area contributed by atoms with Gasteiger partial charge in [0.05, 0.1) is 6.07 Å². The van der Waals surface area contributed by atoms with Gasteiger partial charge in [-0.2, -0.15) is 5.26 Å². The van der Waals surface area contributed by atoms with E-state index in [0.717, 1.165) is 32.2 Å². The first-order valence-electron chi connectivity index (χ1n) is 6.20. The molecule has 0 aromatic rings. The van der Waals surface area contributed by atoms with Crippen LogP contribution in [0.15, 0.2) is 0 Å². The van der Waals surface area contributed by atoms with Gasteiger partial charge in [0, 0.05) is 32.2 Å². The van der Waals surface area contributed by atoms with Crippen molar-refractivity contribution in [2.75, 3.05) is 26.2 Å². The summed E-state index contributed by atoms with van der Waals surface area (Å²) in [5.74, 6) is -0.00595. The third-order valence-electron chi connectivity index (χ3n) is 3.74. The molecule has 88 valence electrons. The fourth-order valence-electron chi connectivity index (χ4n) is 2.79. The highest BCUT2D eigenvalue weighted by atomic mass is 16.2. The van der Waals surface area contributed by atoms with Gasteiger partial charge >= 0.3 is 0 Å². The van der Waals surface area contributed by atoms with Crippen molar-refractivity contribution in [3.05, 3.63) is 0 Å². The van der Waals surface area contributed by atoms with E-state index in [1.807, 2.05) is 11.0 Å². The molecule has 16 heavy (non-hydrogen) atoms. The molecule has 0 atom stereocenters. The highest BCUT2D eigenvalue weighted by molar-refractivity contribution is 5.78. The van der Waals surface area contributed by atoms with Gasteiger partial charge in [-0.05, 0) is 12.8 Å². The van der Waals surface area contributed by atoms with Crippen molar-refractivity contribution in [2.24, 2.45) is 0 Å². The summed E-state index contributed by atoms with van der Waals surface area (Å²) in [7, 11) is 0. The minimum Gasteiger partial charge on any atom is -0.339 e. The summed E-state index contributed by atoms with van der Waals surface area (Å²) in [5, 5.41) is 8.48. The summed E-state index contributed by atoms with van der Waals surface area (Å²) in [5.41, 5.74) is 0. The van der Waals surface area contributed by atoms with Crippen LogP contribution in [0.5, 0.6) is 0 Å². The van der Waals surface area contributed by atoms with Crippen LogP contribution in [-0.4, -0.2) is 47.9 Å². The molecule has 4 heteroatoms. The van der Waals surface area contributed by atoms with E-state index in [1.54, 1.807) is 0 Å². The minimum absolute atomic E-state index is 0.00595. The van der Waals surface area contributed by atoms with Gasteiger partial charge in [0.2, 0.25) is 5.91 Å². The Hall–Kier alpha value is -1.08. The van der Waals surface area contributed by atoms with Gasteiger partial charge in [-0.1, -0.05) is 12.8 Å². The molecule has 0 radical (unpaired) electrons. The standard InChI is InChI=1S/C12H19N3O/c13-6-5-12(16)15-9-7-14(8-10-15)11-3-1-2-4-11/h11H,1-5,7-10H2. The molecule has 4 nitrogen and oxygen atoms in total. The minimum atomic E-state index is -0.00595. The molecule has 1 amide bonds. The van der Waals surface area contributed by atoms with Crippen molar-refractivity contribution < 1.29 is 4.79 Å². The van der Waals surface area contributed by atoms with Crippen LogP contribution < -0.4 is 0 Å². The number of carbonyl (C=O) groups is 1. The van der Waals surface area contributed by atoms with E-state index in [4.69, 9.17) is 5.26 Å². The third kappa shape index (κ3) is 2.53. The summed E-state index contributed by atoms with van der Waals surface area (Å²) < 4.78 is 0. The van der Waals surface area contributed by atoms with Crippen LogP contribution in [0.1, 0.15) is 32.1 Å². The average Bonchev–Trinajstić information content (AvgIpc) is 2.83. The Morgan fingerprint density at radius 2 is 1.81 bits per heavy atom. The van der Waals surface area contributed by atoms with Crippen LogP contribution >= 0.6 is 0 Å². The third-order valence-corrected chi connectivity index (χ3v) is 3.74. The molecule has 0 bridgehead atoms. The molecule has 1 saturated heterocycles. The Kier molecular flexibility index (Phi) is 3.79. The topological polar surface area (TPSA) is 47.3 Å². The van der Waals surface area contributed by atoms with Crippen molar-refractivity contribution in [3.8, 4) is 6.07 Å². The lowest BCUT2D eigenvalue weighted by Gasteiger charge is -2.37. The Bertz CT molecular complexity index is 283. The first kappa shape index (κ1) is 11.4. The number of rotatable bonds is 2. The Balaban J connectivity index is 1.78. The SMILES string of the molecule is N#CCC(=O)N1CCN(C2CCCC2)CC1. The zero-order chi connectivity index (χ0) is 11.4. The zero-order valence-electron chi connectivity index (χ0n) is 9.69. The lowest BCUT2D eigenvalue weighted by Crippen LogP contribution is -2.51. The van der Waals surface area contributed by atoms with Crippen LogP contribution in [0.2, 0.25) is 0 Å². The fraction of sp³-hybridized carbons (Fsp3) is 0.833. The van der Waals surface area contributed by atoms with E-state index < -0.39 is 0 Å². The van der Waals surface area contributed by atoms with Crippen LogP contribution in [0.3, 0.4) is 0 Å². The highest BCUT2D eigenvalue weighted by Gasteiger charge is 2.27. The van der Waals surface area contributed by atoms with Crippen LogP contribution in [-0.2, 0) is 4.79 Å². The Morgan fingerprint density at radius 1 is 1.19 bits per heavy atom. The summed E-state index contributed by atoms with van der Waals surface area (Å²) in [4.78, 5) is 15.9. The molecule has 1 heterocycles. The molecule has 2 aliphatic rings. The largest absolute Gasteiger partial charge is 0.339 e. The van der Waals surface area contributed by atoms with Gasteiger partial charge in [0.15, 0.2) is 0 Å². The molecular formula is C12H19N3O. The summed E-state index contributed by atoms with van der Waals surface area (Å²) in [6, 6.07) is 2.68. The smallest absolute Gasteiger partial charge is 0.236 e. The van der Waals surface area contributed by atoms with Crippen LogP contribution in [0, 0.1) is 11.3 Å². The maximum Gasteiger partial charge on any atom is 0.236 e. The van der Waals surface area contributed by atoms with Gasteiger partial charge in [-0.3, -0.25) is 9.69 Å². The van der Waals surface area contributed by atoms with E-state index in [2.05, 4.69) is 4.90 Å². The highest BCUT2D eigenvalue weighted by Crippen LogP contribution is 2.24. The van der Waals surface area contributed by atoms with Gasteiger partial charge in [-0.15, -0.1) is 0 Å². The molecule has 2 rings (SSSR count). The molecule has 1 saturated carbocycles. The molecule has 0 spiro atoms. The number of nitrogens with zero attached hydrogens (tertiary/aromatic N) is 3. The van der Waals surface area contributed by atoms with E-state index in [-0.39, 0.29) is 12.3 Å². The molecule has 1 aliphatic heterocycles. The lowest BCUT2D eigenvalue weighted by atomic mass is 10.2. The first-order valence-corrected chi connectivity index (χ1v) is 6.20. The number of amides is 1. The zero-order valence-corrected chi connectivity index (χ0v) is 9.69. The number of hydrogen-bond donors (Lipinski definition) is 0. The Labute approximate surface area is 96.8 Å². The van der Waals surface area contributed by atoms with Crippen molar-refractivity contribution in [1.82, 2.24) is 9.80 Å². The number of hydrogen-bond acceptors (Lipinski definition) is 3. The van der Waals surface area contributed by atoms with Gasteiger partial charge < -0.3 is 4.90 Å². The van der Waals surface area contributed by atoms with Crippen LogP contribution in [0.25, 0.3) is 0 Å². The van der Waals surface area contributed by atoms with Gasteiger partial charge in [-0.25, -0.2) is 0 Å². The Morgan fingerprint density at radius 3 is 2.38 bits per heavy atom. The molecule has 0 unspecified atom stereocenters. The summed E-state index contributed by atoms with van der Waals surface area (Å²) >= 11 is 0. The first-order chi connectivity index (χ1) is 7.81. The van der Waals surface area contributed by atoms with Crippen molar-refractivity contribution >= 4 is 5.91 Å². The lowest BCUT2D eigenvalue weighted by molar-refractivity contribution is -0.132. The molecule has 0 aromatic carbocycles. The predicted octanol–water partition coefficient (Wildman–Crippen LogP) is 0.987. The van der Waals surface area contributed by atoms with E-state index in [1.165, 1.54) is 25.7 Å². The number of nitriles is 1. The average molecular weight is 221 g/mol. The molecule has 0 aromatic heterocycles. The molecule has 2 fully saturated rings. The van der Waals surface area contributed by atoms with E-state index in [9.17, 15) is 4.79 Å². The van der Waals surface area contributed by atoms with Crippen LogP contribution in [0.4, 0.5) is 0 Å². The quantitative estimate of drug-likeness (QED) is 0.698. The van der Waals surface area contributed by atoms with E-state index in [0.29, 0.717) is 0 Å². The fourth-order valence-corrected chi connectivity index (χ4v) is 2.79. The second kappa shape index (κ2) is 5.31. The van der Waals surface area contributed by atoms with Gasteiger partial charge in [0.1, 0.15) is 6.42 Å². The van der Waals surface area contributed by atoms with Crippen molar-refractivity contribution in [3.63, 3.8) is 0 Å². The van der Waals surface area contributed by atoms with E-state index >= 15 is 0 Å². The normalized spacial score (nSPS) is 23.3. The van der Waals surface area contributed by atoms with Crippen molar-refractivity contribution in [2.45, 2.75) is 38.1 Å².